The van der Waals surface area contributed by atoms with Gasteiger partial charge in [-0.05, 0) is 74.3 Å². The first kappa shape index (κ1) is 27.6. The van der Waals surface area contributed by atoms with Crippen molar-refractivity contribution in [2.75, 3.05) is 33.4 Å². The second-order valence-corrected chi connectivity index (χ2v) is 13.3. The van der Waals surface area contributed by atoms with Gasteiger partial charge in [-0.2, -0.15) is 0 Å². The summed E-state index contributed by atoms with van der Waals surface area (Å²) in [6.07, 6.45) is 5.45. The van der Waals surface area contributed by atoms with Gasteiger partial charge >= 0.3 is 0 Å². The van der Waals surface area contributed by atoms with E-state index in [2.05, 4.69) is 20.5 Å². The highest BCUT2D eigenvalue weighted by atomic mass is 16.5. The van der Waals surface area contributed by atoms with Gasteiger partial charge in [0.2, 0.25) is 0 Å². The minimum absolute atomic E-state index is 0.00540. The molecule has 2 aliphatic carbocycles. The number of benzene rings is 2. The lowest BCUT2D eigenvalue weighted by Crippen LogP contribution is -2.41. The van der Waals surface area contributed by atoms with Crippen molar-refractivity contribution in [1.29, 1.82) is 0 Å². The van der Waals surface area contributed by atoms with E-state index >= 15 is 0 Å². The van der Waals surface area contributed by atoms with E-state index in [9.17, 15) is 9.59 Å². The first-order chi connectivity index (χ1) is 21.4. The molecule has 0 radical (unpaired) electrons. The van der Waals surface area contributed by atoms with E-state index in [-0.39, 0.29) is 23.9 Å². The Morgan fingerprint density at radius 3 is 2.64 bits per heavy atom. The summed E-state index contributed by atoms with van der Waals surface area (Å²) in [5, 5.41) is 4.17. The van der Waals surface area contributed by atoms with Crippen molar-refractivity contribution in [1.82, 2.24) is 24.3 Å². The molecule has 2 amide bonds. The van der Waals surface area contributed by atoms with Crippen molar-refractivity contribution in [3.05, 3.63) is 47.5 Å². The summed E-state index contributed by atoms with van der Waals surface area (Å²) in [5.74, 6) is 2.73. The Hall–Kier alpha value is -3.89. The predicted molar refractivity (Wildman–Crippen MR) is 168 cm³/mol. The normalized spacial score (nSPS) is 24.6. The van der Waals surface area contributed by atoms with Crippen LogP contribution in [0.15, 0.2) is 36.4 Å². The van der Waals surface area contributed by atoms with Gasteiger partial charge in [0.25, 0.3) is 11.8 Å². The maximum atomic E-state index is 13.7. The van der Waals surface area contributed by atoms with E-state index in [0.29, 0.717) is 47.8 Å². The molecule has 4 aromatic rings. The van der Waals surface area contributed by atoms with Crippen LogP contribution in [0.4, 0.5) is 0 Å². The van der Waals surface area contributed by atoms with Crippen molar-refractivity contribution >= 4 is 33.8 Å². The summed E-state index contributed by atoms with van der Waals surface area (Å²) < 4.78 is 15.7. The van der Waals surface area contributed by atoms with Gasteiger partial charge in [-0.3, -0.25) is 9.59 Å². The number of hydrogen-bond acceptors (Lipinski definition) is 6. The van der Waals surface area contributed by atoms with E-state index in [4.69, 9.17) is 20.2 Å². The van der Waals surface area contributed by atoms with Gasteiger partial charge in [0.05, 0.1) is 24.9 Å². The Balaban J connectivity index is 1.16. The fraction of sp³-hybridized carbons (Fsp3) is 0.500. The summed E-state index contributed by atoms with van der Waals surface area (Å²) >= 11 is 0. The third-order valence-electron chi connectivity index (χ3n) is 10.4. The van der Waals surface area contributed by atoms with Gasteiger partial charge in [-0.15, -0.1) is 0 Å². The average Bonchev–Trinajstić information content (AvgIpc) is 3.38. The lowest BCUT2D eigenvalue weighted by atomic mass is 10.1. The van der Waals surface area contributed by atoms with Crippen molar-refractivity contribution in [3.63, 3.8) is 0 Å². The molecule has 2 saturated carbocycles. The van der Waals surface area contributed by atoms with Crippen LogP contribution in [0.25, 0.3) is 33.5 Å². The molecule has 3 unspecified atom stereocenters. The number of carbonyl (C=O) groups excluding carboxylic acids is 2. The summed E-state index contributed by atoms with van der Waals surface area (Å²) in [7, 11) is 3.64. The number of likely N-dealkylation sites (tertiary alicyclic amines) is 1. The van der Waals surface area contributed by atoms with Crippen LogP contribution in [-0.2, 0) is 18.3 Å². The smallest absolute Gasteiger partial charge is 0.254 e. The van der Waals surface area contributed by atoms with Crippen molar-refractivity contribution in [3.8, 4) is 17.3 Å². The summed E-state index contributed by atoms with van der Waals surface area (Å²) in [4.78, 5) is 33.9. The van der Waals surface area contributed by atoms with E-state index < -0.39 is 0 Å². The highest BCUT2D eigenvalue weighted by Crippen LogP contribution is 2.40. The second kappa shape index (κ2) is 10.6. The molecule has 4 heterocycles. The number of nitrogens with one attached hydrogen (secondary N) is 1. The van der Waals surface area contributed by atoms with E-state index in [0.717, 1.165) is 72.4 Å². The molecule has 10 nitrogen and oxygen atoms in total. The van der Waals surface area contributed by atoms with Crippen molar-refractivity contribution in [2.24, 2.45) is 30.5 Å². The van der Waals surface area contributed by atoms with Crippen LogP contribution in [0.1, 0.15) is 52.8 Å². The fourth-order valence-corrected chi connectivity index (χ4v) is 7.69. The number of methoxy groups -OCH3 is 1. The number of hydrogen-bond donors (Lipinski definition) is 2. The van der Waals surface area contributed by atoms with Gasteiger partial charge in [-0.1, -0.05) is 6.07 Å². The van der Waals surface area contributed by atoms with Crippen LogP contribution in [-0.4, -0.2) is 76.3 Å². The molecule has 4 atom stereocenters. The molecule has 3 N–H and O–H groups in total. The van der Waals surface area contributed by atoms with Gasteiger partial charge in [0.15, 0.2) is 5.82 Å². The number of nitrogens with two attached hydrogens (primary N) is 1. The van der Waals surface area contributed by atoms with Gasteiger partial charge in [0, 0.05) is 73.3 Å². The maximum absolute atomic E-state index is 13.7. The van der Waals surface area contributed by atoms with Crippen LogP contribution in [0, 0.1) is 17.8 Å². The lowest BCUT2D eigenvalue weighted by molar-refractivity contribution is 0.0700. The van der Waals surface area contributed by atoms with Gasteiger partial charge in [0.1, 0.15) is 11.3 Å². The first-order valence-corrected chi connectivity index (χ1v) is 16.0. The Morgan fingerprint density at radius 2 is 1.93 bits per heavy atom. The average molecular weight is 597 g/mol. The third kappa shape index (κ3) is 4.57. The number of aromatic nitrogens is 3. The van der Waals surface area contributed by atoms with E-state index in [1.54, 1.807) is 7.11 Å². The summed E-state index contributed by atoms with van der Waals surface area (Å²) in [6.45, 7) is 3.69. The molecule has 2 saturated heterocycles. The number of rotatable bonds is 8. The van der Waals surface area contributed by atoms with Crippen LogP contribution in [0.3, 0.4) is 0 Å². The molecular formula is C34H40N6O4. The molecule has 4 aliphatic rings. The zero-order valence-corrected chi connectivity index (χ0v) is 25.4. The Labute approximate surface area is 256 Å². The molecule has 2 bridgehead atoms. The minimum Gasteiger partial charge on any atom is -0.494 e. The van der Waals surface area contributed by atoms with Crippen LogP contribution in [0.2, 0.25) is 0 Å². The zero-order chi connectivity index (χ0) is 30.1. The highest BCUT2D eigenvalue weighted by Gasteiger charge is 2.47. The fourth-order valence-electron chi connectivity index (χ4n) is 7.69. The number of ether oxygens (including phenoxy) is 2. The largest absolute Gasteiger partial charge is 0.494 e. The second-order valence-electron chi connectivity index (χ2n) is 13.3. The number of amides is 2. The standard InChI is InChI=1S/C34H40N6O4/c1-38-31-25(11-24(14-29(31)43-2)34(42)40-17-23-7-8-26(40)30(23)35)37-32(38)28-12-21-5-6-22(13-27(21)39(28)16-19-3-4-19)33(41)36-15-20-9-10-44-18-20/h5-6,11-14,19-20,23,26,30H,3-4,7-10,15-18,35H2,1-2H3,(H,36,41)/t20?,23?,26?,30-/m1/s1. The van der Waals surface area contributed by atoms with Crippen molar-refractivity contribution < 1.29 is 19.1 Å². The Kier molecular flexibility index (Phi) is 6.68. The molecule has 0 spiro atoms. The molecule has 2 aromatic carbocycles. The SMILES string of the molecule is COc1cc(C(=O)N2CC3CCC2[C@@H]3N)cc2nc(-c3cc4ccc(C(=O)NCC5CCOC5)cc4n3CC3CC3)n(C)c12. The number of fused-ring (bicyclic) bond motifs is 4. The number of carbonyl (C=O) groups is 2. The van der Waals surface area contributed by atoms with E-state index in [1.807, 2.05) is 42.3 Å². The Morgan fingerprint density at radius 1 is 1.07 bits per heavy atom. The Bertz CT molecular complexity index is 1780. The third-order valence-corrected chi connectivity index (χ3v) is 10.4. The molecule has 230 valence electrons. The number of piperidine rings is 1. The number of nitrogens with zero attached hydrogens (tertiary/aromatic N) is 4. The molecule has 4 fully saturated rings. The van der Waals surface area contributed by atoms with E-state index in [1.165, 1.54) is 12.8 Å². The number of aryl methyl sites for hydroxylation is 1. The van der Waals surface area contributed by atoms with Gasteiger partial charge < -0.3 is 34.6 Å². The zero-order valence-electron chi connectivity index (χ0n) is 25.4. The minimum atomic E-state index is -0.0589. The lowest BCUT2D eigenvalue weighted by Gasteiger charge is -2.27. The number of imidazole rings is 1. The summed E-state index contributed by atoms with van der Waals surface area (Å²) in [5.41, 5.74) is 11.2. The van der Waals surface area contributed by atoms with Crippen LogP contribution in [0.5, 0.6) is 5.75 Å². The molecule has 2 aromatic heterocycles. The quantitative estimate of drug-likeness (QED) is 0.318. The molecule has 10 heteroatoms. The maximum Gasteiger partial charge on any atom is 0.254 e. The first-order valence-electron chi connectivity index (χ1n) is 16.0. The van der Waals surface area contributed by atoms with Crippen molar-refractivity contribution in [2.45, 2.75) is 50.7 Å². The topological polar surface area (TPSA) is 117 Å². The molecule has 2 aliphatic heterocycles. The highest BCUT2D eigenvalue weighted by molar-refractivity contribution is 6.01. The molecule has 44 heavy (non-hydrogen) atoms. The molecular weight excluding hydrogens is 556 g/mol. The van der Waals surface area contributed by atoms with Gasteiger partial charge in [-0.25, -0.2) is 4.98 Å². The monoisotopic (exact) mass is 596 g/mol. The predicted octanol–water partition coefficient (Wildman–Crippen LogP) is 3.94. The van der Waals surface area contributed by atoms with Crippen LogP contribution >= 0.6 is 0 Å². The molecule has 8 rings (SSSR count). The summed E-state index contributed by atoms with van der Waals surface area (Å²) in [6, 6.07) is 12.0. The van der Waals surface area contributed by atoms with Crippen LogP contribution < -0.4 is 15.8 Å².